The second-order valence-corrected chi connectivity index (χ2v) is 3.75. The molecule has 0 aliphatic carbocycles. The van der Waals surface area contributed by atoms with Crippen LogP contribution >= 0.6 is 12.6 Å². The van der Waals surface area contributed by atoms with Crippen LogP contribution in [0.5, 0.6) is 0 Å². The standard InChI is InChI=1S/C11H15NO2S/c13-8-2-1-7-12-11(14)9-3-5-10(15)6-4-9/h3-6,13,15H,1-2,7-8H2,(H,12,14). The third-order valence-electron chi connectivity index (χ3n) is 2.00. The van der Waals surface area contributed by atoms with E-state index in [1.165, 1.54) is 0 Å². The smallest absolute Gasteiger partial charge is 0.251 e. The zero-order valence-electron chi connectivity index (χ0n) is 8.44. The van der Waals surface area contributed by atoms with Gasteiger partial charge in [0.25, 0.3) is 5.91 Å². The minimum Gasteiger partial charge on any atom is -0.396 e. The molecule has 0 fully saturated rings. The number of aliphatic hydroxyl groups excluding tert-OH is 1. The van der Waals surface area contributed by atoms with Crippen LogP contribution in [0.4, 0.5) is 0 Å². The highest BCUT2D eigenvalue weighted by molar-refractivity contribution is 7.80. The Labute approximate surface area is 94.9 Å². The van der Waals surface area contributed by atoms with Gasteiger partial charge in [0.1, 0.15) is 0 Å². The monoisotopic (exact) mass is 225 g/mol. The summed E-state index contributed by atoms with van der Waals surface area (Å²) in [4.78, 5) is 12.4. The number of benzene rings is 1. The molecule has 0 heterocycles. The Morgan fingerprint density at radius 1 is 1.27 bits per heavy atom. The lowest BCUT2D eigenvalue weighted by Crippen LogP contribution is -2.24. The number of aliphatic hydroxyl groups is 1. The van der Waals surface area contributed by atoms with Gasteiger partial charge in [0.05, 0.1) is 0 Å². The highest BCUT2D eigenvalue weighted by Gasteiger charge is 2.03. The lowest BCUT2D eigenvalue weighted by Gasteiger charge is -2.04. The van der Waals surface area contributed by atoms with Gasteiger partial charge in [0.15, 0.2) is 0 Å². The Balaban J connectivity index is 2.37. The highest BCUT2D eigenvalue weighted by Crippen LogP contribution is 2.07. The number of hydrogen-bond donors (Lipinski definition) is 3. The summed E-state index contributed by atoms with van der Waals surface area (Å²) in [7, 11) is 0. The summed E-state index contributed by atoms with van der Waals surface area (Å²) in [5.41, 5.74) is 0.636. The van der Waals surface area contributed by atoms with Crippen molar-refractivity contribution in [3.05, 3.63) is 29.8 Å². The number of amides is 1. The van der Waals surface area contributed by atoms with Crippen LogP contribution < -0.4 is 5.32 Å². The van der Waals surface area contributed by atoms with E-state index in [9.17, 15) is 4.79 Å². The molecule has 1 rings (SSSR count). The van der Waals surface area contributed by atoms with Crippen LogP contribution in [-0.2, 0) is 0 Å². The zero-order chi connectivity index (χ0) is 11.1. The van der Waals surface area contributed by atoms with Gasteiger partial charge in [-0.15, -0.1) is 12.6 Å². The molecule has 0 aliphatic rings. The minimum atomic E-state index is -0.0822. The molecule has 0 atom stereocenters. The second-order valence-electron chi connectivity index (χ2n) is 3.23. The third kappa shape index (κ3) is 4.36. The van der Waals surface area contributed by atoms with E-state index in [-0.39, 0.29) is 12.5 Å². The summed E-state index contributed by atoms with van der Waals surface area (Å²) in [6.45, 7) is 0.770. The van der Waals surface area contributed by atoms with Gasteiger partial charge in [0.2, 0.25) is 0 Å². The maximum Gasteiger partial charge on any atom is 0.251 e. The van der Waals surface area contributed by atoms with Crippen LogP contribution in [0.15, 0.2) is 29.2 Å². The number of nitrogens with one attached hydrogen (secondary N) is 1. The van der Waals surface area contributed by atoms with Crippen LogP contribution in [-0.4, -0.2) is 24.2 Å². The summed E-state index contributed by atoms with van der Waals surface area (Å²) >= 11 is 4.14. The van der Waals surface area contributed by atoms with E-state index in [1.807, 2.05) is 0 Å². The Kier molecular flexibility index (Phi) is 5.21. The van der Waals surface area contributed by atoms with Gasteiger partial charge < -0.3 is 10.4 Å². The molecule has 1 aromatic carbocycles. The molecule has 0 aliphatic heterocycles. The van der Waals surface area contributed by atoms with E-state index in [2.05, 4.69) is 17.9 Å². The maximum atomic E-state index is 11.5. The Bertz CT molecular complexity index is 311. The SMILES string of the molecule is O=C(NCCCCO)c1ccc(S)cc1. The highest BCUT2D eigenvalue weighted by atomic mass is 32.1. The van der Waals surface area contributed by atoms with E-state index < -0.39 is 0 Å². The Morgan fingerprint density at radius 3 is 2.53 bits per heavy atom. The molecule has 82 valence electrons. The average Bonchev–Trinajstić information content (AvgIpc) is 2.25. The van der Waals surface area contributed by atoms with Crippen molar-refractivity contribution in [3.8, 4) is 0 Å². The zero-order valence-corrected chi connectivity index (χ0v) is 9.33. The van der Waals surface area contributed by atoms with E-state index in [0.717, 1.165) is 17.7 Å². The molecular weight excluding hydrogens is 210 g/mol. The third-order valence-corrected chi connectivity index (χ3v) is 2.30. The summed E-state index contributed by atoms with van der Waals surface area (Å²) in [5.74, 6) is -0.0822. The Morgan fingerprint density at radius 2 is 1.93 bits per heavy atom. The number of thiol groups is 1. The molecule has 1 aromatic rings. The van der Waals surface area contributed by atoms with Gasteiger partial charge in [-0.3, -0.25) is 4.79 Å². The molecule has 4 heteroatoms. The van der Waals surface area contributed by atoms with Crippen LogP contribution in [0.1, 0.15) is 23.2 Å². The predicted molar refractivity (Wildman–Crippen MR) is 62.3 cm³/mol. The number of hydrogen-bond acceptors (Lipinski definition) is 3. The van der Waals surface area contributed by atoms with Crippen LogP contribution in [0.3, 0.4) is 0 Å². The first-order valence-corrected chi connectivity index (χ1v) is 5.37. The molecule has 0 bridgehead atoms. The van der Waals surface area contributed by atoms with E-state index in [0.29, 0.717) is 12.1 Å². The number of carbonyl (C=O) groups excluding carboxylic acids is 1. The van der Waals surface area contributed by atoms with Gasteiger partial charge in [-0.25, -0.2) is 0 Å². The molecule has 3 nitrogen and oxygen atoms in total. The van der Waals surface area contributed by atoms with Crippen LogP contribution in [0.25, 0.3) is 0 Å². The number of carbonyl (C=O) groups is 1. The van der Waals surface area contributed by atoms with Crippen molar-refractivity contribution in [1.82, 2.24) is 5.32 Å². The largest absolute Gasteiger partial charge is 0.396 e. The summed E-state index contributed by atoms with van der Waals surface area (Å²) in [5, 5.41) is 11.3. The van der Waals surface area contributed by atoms with Crippen LogP contribution in [0, 0.1) is 0 Å². The predicted octanol–water partition coefficient (Wildman–Crippen LogP) is 1.48. The quantitative estimate of drug-likeness (QED) is 0.525. The first-order chi connectivity index (χ1) is 7.24. The van der Waals surface area contributed by atoms with Gasteiger partial charge in [-0.1, -0.05) is 0 Å². The van der Waals surface area contributed by atoms with Crippen molar-refractivity contribution < 1.29 is 9.90 Å². The van der Waals surface area contributed by atoms with Gasteiger partial charge in [-0.05, 0) is 37.1 Å². The summed E-state index contributed by atoms with van der Waals surface area (Å²) in [6, 6.07) is 7.05. The average molecular weight is 225 g/mol. The Hall–Kier alpha value is -1.00. The fraction of sp³-hybridized carbons (Fsp3) is 0.364. The van der Waals surface area contributed by atoms with Crippen molar-refractivity contribution in [2.45, 2.75) is 17.7 Å². The number of unbranched alkanes of at least 4 members (excludes halogenated alkanes) is 1. The van der Waals surface area contributed by atoms with Crippen molar-refractivity contribution in [2.24, 2.45) is 0 Å². The van der Waals surface area contributed by atoms with Gasteiger partial charge >= 0.3 is 0 Å². The van der Waals surface area contributed by atoms with Crippen LogP contribution in [0.2, 0.25) is 0 Å². The molecular formula is C11H15NO2S. The number of rotatable bonds is 5. The maximum absolute atomic E-state index is 11.5. The molecule has 0 spiro atoms. The lowest BCUT2D eigenvalue weighted by atomic mass is 10.2. The second kappa shape index (κ2) is 6.48. The van der Waals surface area contributed by atoms with E-state index in [4.69, 9.17) is 5.11 Å². The topological polar surface area (TPSA) is 49.3 Å². The summed E-state index contributed by atoms with van der Waals surface area (Å²) < 4.78 is 0. The van der Waals surface area contributed by atoms with Crippen molar-refractivity contribution in [3.63, 3.8) is 0 Å². The van der Waals surface area contributed by atoms with Gasteiger partial charge in [0, 0.05) is 23.6 Å². The van der Waals surface area contributed by atoms with Crippen molar-refractivity contribution in [2.75, 3.05) is 13.2 Å². The lowest BCUT2D eigenvalue weighted by molar-refractivity contribution is 0.0952. The molecule has 0 unspecified atom stereocenters. The molecule has 1 amide bonds. The fourth-order valence-electron chi connectivity index (χ4n) is 1.15. The first-order valence-electron chi connectivity index (χ1n) is 4.92. The van der Waals surface area contributed by atoms with E-state index in [1.54, 1.807) is 24.3 Å². The van der Waals surface area contributed by atoms with Crippen molar-refractivity contribution >= 4 is 18.5 Å². The van der Waals surface area contributed by atoms with E-state index >= 15 is 0 Å². The van der Waals surface area contributed by atoms with Gasteiger partial charge in [-0.2, -0.15) is 0 Å². The molecule has 15 heavy (non-hydrogen) atoms. The molecule has 0 saturated carbocycles. The molecule has 0 radical (unpaired) electrons. The normalized spacial score (nSPS) is 10.0. The van der Waals surface area contributed by atoms with Crippen molar-refractivity contribution in [1.29, 1.82) is 0 Å². The molecule has 0 saturated heterocycles. The summed E-state index contributed by atoms with van der Waals surface area (Å²) in [6.07, 6.45) is 1.52. The fourth-order valence-corrected chi connectivity index (χ4v) is 1.30. The molecule has 0 aromatic heterocycles. The molecule has 2 N–H and O–H groups in total. The minimum absolute atomic E-state index is 0.0822. The first kappa shape index (κ1) is 12.1.